The molecule has 168 valence electrons. The smallest absolute Gasteiger partial charge is 0.223 e. The summed E-state index contributed by atoms with van der Waals surface area (Å²) in [7, 11) is -3.35. The minimum absolute atomic E-state index is 0.0348. The van der Waals surface area contributed by atoms with Gasteiger partial charge in [-0.1, -0.05) is 37.1 Å². The van der Waals surface area contributed by atoms with Gasteiger partial charge >= 0.3 is 0 Å². The van der Waals surface area contributed by atoms with E-state index in [2.05, 4.69) is 10.2 Å². The number of rotatable bonds is 8. The largest absolute Gasteiger partial charge is 0.356 e. The standard InChI is InChI=1S/C23H37N3O3S/c1-20-9-4-5-10-22(20)19-30(28,29)26-17-11-21(12-18-26)23(27)24-13-8-16-25-14-6-2-3-7-15-25/h4-5,9-10,21H,2-3,6-8,11-19H2,1H3,(H,24,27). The van der Waals surface area contributed by atoms with Gasteiger partial charge in [0.25, 0.3) is 0 Å². The zero-order valence-electron chi connectivity index (χ0n) is 18.3. The van der Waals surface area contributed by atoms with Crippen LogP contribution < -0.4 is 5.32 Å². The lowest BCUT2D eigenvalue weighted by molar-refractivity contribution is -0.126. The Kier molecular flexibility index (Phi) is 8.72. The number of hydrogen-bond acceptors (Lipinski definition) is 4. The first-order valence-electron chi connectivity index (χ1n) is 11.5. The van der Waals surface area contributed by atoms with Crippen molar-refractivity contribution in [3.63, 3.8) is 0 Å². The molecule has 2 saturated heterocycles. The van der Waals surface area contributed by atoms with E-state index in [1.54, 1.807) is 4.31 Å². The number of likely N-dealkylation sites (tertiary alicyclic amines) is 1. The van der Waals surface area contributed by atoms with Gasteiger partial charge in [-0.2, -0.15) is 0 Å². The van der Waals surface area contributed by atoms with E-state index in [9.17, 15) is 13.2 Å². The number of piperidine rings is 1. The average molecular weight is 436 g/mol. The maximum atomic E-state index is 12.8. The molecule has 6 nitrogen and oxygen atoms in total. The van der Waals surface area contributed by atoms with Crippen molar-refractivity contribution in [1.82, 2.24) is 14.5 Å². The van der Waals surface area contributed by atoms with E-state index < -0.39 is 10.0 Å². The second kappa shape index (κ2) is 11.3. The summed E-state index contributed by atoms with van der Waals surface area (Å²) in [4.78, 5) is 15.0. The van der Waals surface area contributed by atoms with Crippen LogP contribution >= 0.6 is 0 Å². The van der Waals surface area contributed by atoms with Crippen molar-refractivity contribution < 1.29 is 13.2 Å². The third kappa shape index (κ3) is 6.79. The number of carbonyl (C=O) groups excluding carboxylic acids is 1. The Labute approximate surface area is 182 Å². The van der Waals surface area contributed by atoms with Gasteiger partial charge in [0.15, 0.2) is 0 Å². The van der Waals surface area contributed by atoms with E-state index in [4.69, 9.17) is 0 Å². The summed E-state index contributed by atoms with van der Waals surface area (Å²) in [6.07, 6.45) is 7.44. The molecular formula is C23H37N3O3S. The van der Waals surface area contributed by atoms with Crippen LogP contribution in [0.5, 0.6) is 0 Å². The number of hydrogen-bond donors (Lipinski definition) is 1. The van der Waals surface area contributed by atoms with Crippen molar-refractivity contribution in [3.05, 3.63) is 35.4 Å². The summed E-state index contributed by atoms with van der Waals surface area (Å²) in [5.74, 6) is 0.0439. The molecule has 0 spiro atoms. The first-order chi connectivity index (χ1) is 14.5. The lowest BCUT2D eigenvalue weighted by atomic mass is 9.97. The number of nitrogens with zero attached hydrogens (tertiary/aromatic N) is 2. The van der Waals surface area contributed by atoms with Crippen LogP contribution in [0.1, 0.15) is 56.1 Å². The van der Waals surface area contributed by atoms with Crippen molar-refractivity contribution in [1.29, 1.82) is 0 Å². The zero-order chi connectivity index (χ0) is 21.4. The monoisotopic (exact) mass is 435 g/mol. The molecule has 30 heavy (non-hydrogen) atoms. The fourth-order valence-electron chi connectivity index (χ4n) is 4.47. The molecule has 0 radical (unpaired) electrons. The van der Waals surface area contributed by atoms with E-state index >= 15 is 0 Å². The van der Waals surface area contributed by atoms with Crippen LogP contribution in [0.4, 0.5) is 0 Å². The normalized spacial score (nSPS) is 20.0. The van der Waals surface area contributed by atoms with E-state index in [1.165, 1.54) is 38.8 Å². The highest BCUT2D eigenvalue weighted by Crippen LogP contribution is 2.22. The quantitative estimate of drug-likeness (QED) is 0.638. The van der Waals surface area contributed by atoms with Crippen LogP contribution in [0.15, 0.2) is 24.3 Å². The van der Waals surface area contributed by atoms with E-state index in [0.29, 0.717) is 32.5 Å². The highest BCUT2D eigenvalue weighted by molar-refractivity contribution is 7.88. The van der Waals surface area contributed by atoms with Gasteiger partial charge in [0.1, 0.15) is 0 Å². The van der Waals surface area contributed by atoms with Gasteiger partial charge in [-0.15, -0.1) is 0 Å². The topological polar surface area (TPSA) is 69.7 Å². The van der Waals surface area contributed by atoms with E-state index in [0.717, 1.165) is 24.1 Å². The molecule has 1 amide bonds. The lowest BCUT2D eigenvalue weighted by Crippen LogP contribution is -2.43. The minimum Gasteiger partial charge on any atom is -0.356 e. The molecule has 7 heteroatoms. The van der Waals surface area contributed by atoms with Crippen LogP contribution in [0, 0.1) is 12.8 Å². The number of nitrogens with one attached hydrogen (secondary N) is 1. The van der Waals surface area contributed by atoms with Gasteiger partial charge in [-0.25, -0.2) is 12.7 Å². The Bertz CT molecular complexity index is 781. The van der Waals surface area contributed by atoms with Crippen molar-refractivity contribution in [3.8, 4) is 0 Å². The highest BCUT2D eigenvalue weighted by atomic mass is 32.2. The molecule has 0 aliphatic carbocycles. The van der Waals surface area contributed by atoms with Gasteiger partial charge in [0.05, 0.1) is 5.75 Å². The van der Waals surface area contributed by atoms with Crippen molar-refractivity contribution in [2.45, 2.75) is 57.6 Å². The fraction of sp³-hybridized carbons (Fsp3) is 0.696. The number of sulfonamides is 1. The maximum Gasteiger partial charge on any atom is 0.223 e. The van der Waals surface area contributed by atoms with Crippen LogP contribution in [-0.2, 0) is 20.6 Å². The van der Waals surface area contributed by atoms with Crippen LogP contribution in [0.2, 0.25) is 0 Å². The van der Waals surface area contributed by atoms with Crippen LogP contribution in [-0.4, -0.2) is 62.8 Å². The fourth-order valence-corrected chi connectivity index (χ4v) is 6.14. The zero-order valence-corrected chi connectivity index (χ0v) is 19.1. The molecule has 2 aliphatic rings. The second-order valence-electron chi connectivity index (χ2n) is 8.76. The predicted octanol–water partition coefficient (Wildman–Crippen LogP) is 2.92. The Morgan fingerprint density at radius 1 is 1.03 bits per heavy atom. The number of carbonyl (C=O) groups is 1. The van der Waals surface area contributed by atoms with Gasteiger partial charge < -0.3 is 10.2 Å². The van der Waals surface area contributed by atoms with Crippen molar-refractivity contribution >= 4 is 15.9 Å². The summed E-state index contributed by atoms with van der Waals surface area (Å²) in [6, 6.07) is 7.61. The average Bonchev–Trinajstić information content (AvgIpc) is 3.01. The third-order valence-corrected chi connectivity index (χ3v) is 8.29. The molecule has 3 rings (SSSR count). The molecule has 1 N–H and O–H groups in total. The van der Waals surface area contributed by atoms with Crippen LogP contribution in [0.25, 0.3) is 0 Å². The molecular weight excluding hydrogens is 398 g/mol. The Balaban J connectivity index is 1.38. The SMILES string of the molecule is Cc1ccccc1CS(=O)(=O)N1CCC(C(=O)NCCCN2CCCCCC2)CC1. The maximum absolute atomic E-state index is 12.8. The first-order valence-corrected chi connectivity index (χ1v) is 13.1. The summed E-state index contributed by atoms with van der Waals surface area (Å²) in [5.41, 5.74) is 1.84. The molecule has 0 bridgehead atoms. The molecule has 0 aromatic heterocycles. The molecule has 2 heterocycles. The van der Waals surface area contributed by atoms with Gasteiger partial charge in [-0.3, -0.25) is 4.79 Å². The highest BCUT2D eigenvalue weighted by Gasteiger charge is 2.31. The molecule has 0 unspecified atom stereocenters. The molecule has 1 aromatic carbocycles. The predicted molar refractivity (Wildman–Crippen MR) is 121 cm³/mol. The summed E-state index contributed by atoms with van der Waals surface area (Å²) in [6.45, 7) is 6.93. The Morgan fingerprint density at radius 2 is 1.70 bits per heavy atom. The van der Waals surface area contributed by atoms with Crippen molar-refractivity contribution in [2.75, 3.05) is 39.3 Å². The van der Waals surface area contributed by atoms with Gasteiger partial charge in [0.2, 0.25) is 15.9 Å². The second-order valence-corrected chi connectivity index (χ2v) is 10.7. The molecule has 2 aliphatic heterocycles. The number of amides is 1. The van der Waals surface area contributed by atoms with Crippen molar-refractivity contribution in [2.24, 2.45) is 5.92 Å². The molecule has 0 atom stereocenters. The molecule has 0 saturated carbocycles. The Morgan fingerprint density at radius 3 is 2.37 bits per heavy atom. The minimum atomic E-state index is -3.35. The van der Waals surface area contributed by atoms with Crippen LogP contribution in [0.3, 0.4) is 0 Å². The lowest BCUT2D eigenvalue weighted by Gasteiger charge is -2.30. The Hall–Kier alpha value is -1.44. The van der Waals surface area contributed by atoms with Gasteiger partial charge in [0, 0.05) is 25.6 Å². The summed E-state index contributed by atoms with van der Waals surface area (Å²) >= 11 is 0. The molecule has 1 aromatic rings. The number of aryl methyl sites for hydroxylation is 1. The van der Waals surface area contributed by atoms with Gasteiger partial charge in [-0.05, 0) is 69.8 Å². The third-order valence-electron chi connectivity index (χ3n) is 6.47. The van der Waals surface area contributed by atoms with E-state index in [-0.39, 0.29) is 17.6 Å². The van der Waals surface area contributed by atoms with E-state index in [1.807, 2.05) is 31.2 Å². The summed E-state index contributed by atoms with van der Waals surface area (Å²) < 4.78 is 27.1. The molecule has 2 fully saturated rings. The first kappa shape index (κ1) is 23.2. The summed E-state index contributed by atoms with van der Waals surface area (Å²) in [5, 5.41) is 3.07. The number of benzene rings is 1.